The van der Waals surface area contributed by atoms with Crippen molar-refractivity contribution >= 4 is 29.0 Å². The van der Waals surface area contributed by atoms with Gasteiger partial charge in [-0.15, -0.1) is 23.1 Å². The standard InChI is InChI=1S/C11H15NO3S2/c13-9-4-12(5-10(9)14)11(15)7-16-6-8-2-1-3-17-8/h1-3,9-10,13-14H,4-7H2/t9-,10+. The van der Waals surface area contributed by atoms with E-state index in [-0.39, 0.29) is 19.0 Å². The molecular weight excluding hydrogens is 258 g/mol. The van der Waals surface area contributed by atoms with Crippen molar-refractivity contribution in [2.45, 2.75) is 18.0 Å². The highest BCUT2D eigenvalue weighted by Crippen LogP contribution is 2.18. The Morgan fingerprint density at radius 2 is 2.18 bits per heavy atom. The van der Waals surface area contributed by atoms with Gasteiger partial charge in [-0.1, -0.05) is 6.07 Å². The molecule has 1 aromatic rings. The lowest BCUT2D eigenvalue weighted by atomic mass is 10.3. The lowest BCUT2D eigenvalue weighted by Gasteiger charge is -2.14. The van der Waals surface area contributed by atoms with Gasteiger partial charge in [0.1, 0.15) is 0 Å². The normalized spacial score (nSPS) is 24.2. The van der Waals surface area contributed by atoms with Gasteiger partial charge in [0, 0.05) is 23.7 Å². The summed E-state index contributed by atoms with van der Waals surface area (Å²) in [6.45, 7) is 0.499. The smallest absolute Gasteiger partial charge is 0.232 e. The summed E-state index contributed by atoms with van der Waals surface area (Å²) in [7, 11) is 0. The van der Waals surface area contributed by atoms with Crippen molar-refractivity contribution in [3.8, 4) is 0 Å². The minimum atomic E-state index is -0.791. The minimum Gasteiger partial charge on any atom is -0.388 e. The van der Waals surface area contributed by atoms with Gasteiger partial charge in [-0.2, -0.15) is 0 Å². The van der Waals surface area contributed by atoms with Crippen molar-refractivity contribution in [1.29, 1.82) is 0 Å². The number of hydrogen-bond donors (Lipinski definition) is 2. The molecular formula is C11H15NO3S2. The second kappa shape index (κ2) is 5.86. The molecule has 2 rings (SSSR count). The molecule has 94 valence electrons. The first-order valence-electron chi connectivity index (χ1n) is 5.41. The van der Waals surface area contributed by atoms with Gasteiger partial charge in [0.05, 0.1) is 18.0 Å². The van der Waals surface area contributed by atoms with Gasteiger partial charge in [-0.05, 0) is 11.4 Å². The van der Waals surface area contributed by atoms with E-state index in [1.807, 2.05) is 17.5 Å². The number of rotatable bonds is 4. The maximum Gasteiger partial charge on any atom is 0.232 e. The largest absolute Gasteiger partial charge is 0.388 e. The first-order chi connectivity index (χ1) is 8.16. The van der Waals surface area contributed by atoms with Crippen molar-refractivity contribution < 1.29 is 15.0 Å². The number of β-amino-alcohol motifs (C(OH)–C–C–N with tert-alkyl or cyclic N) is 2. The summed E-state index contributed by atoms with van der Waals surface area (Å²) in [5, 5.41) is 20.7. The second-order valence-electron chi connectivity index (χ2n) is 4.01. The van der Waals surface area contributed by atoms with Crippen molar-refractivity contribution in [2.75, 3.05) is 18.8 Å². The van der Waals surface area contributed by atoms with E-state index in [9.17, 15) is 15.0 Å². The molecule has 0 radical (unpaired) electrons. The highest BCUT2D eigenvalue weighted by atomic mass is 32.2. The van der Waals surface area contributed by atoms with Crippen LogP contribution in [0.5, 0.6) is 0 Å². The average molecular weight is 273 g/mol. The Morgan fingerprint density at radius 3 is 2.76 bits per heavy atom. The van der Waals surface area contributed by atoms with Crippen molar-refractivity contribution in [3.63, 3.8) is 0 Å². The molecule has 2 N–H and O–H groups in total. The van der Waals surface area contributed by atoms with Gasteiger partial charge < -0.3 is 15.1 Å². The SMILES string of the molecule is O=C(CSCc1cccs1)N1C[C@@H](O)[C@@H](O)C1. The molecule has 1 aromatic heterocycles. The zero-order chi connectivity index (χ0) is 12.3. The Hall–Kier alpha value is -0.560. The fraction of sp³-hybridized carbons (Fsp3) is 0.545. The zero-order valence-electron chi connectivity index (χ0n) is 9.28. The molecule has 1 amide bonds. The Labute approximate surface area is 108 Å². The fourth-order valence-corrected chi connectivity index (χ4v) is 3.47. The molecule has 6 heteroatoms. The molecule has 2 heterocycles. The summed E-state index contributed by atoms with van der Waals surface area (Å²) in [6.07, 6.45) is -1.58. The summed E-state index contributed by atoms with van der Waals surface area (Å²) in [5.41, 5.74) is 0. The Morgan fingerprint density at radius 1 is 1.47 bits per heavy atom. The van der Waals surface area contributed by atoms with Gasteiger partial charge in [-0.3, -0.25) is 4.79 Å². The third kappa shape index (κ3) is 3.45. The number of carbonyl (C=O) groups excluding carboxylic acids is 1. The van der Waals surface area contributed by atoms with Crippen LogP contribution < -0.4 is 0 Å². The van der Waals surface area contributed by atoms with Crippen LogP contribution in [-0.4, -0.2) is 52.1 Å². The quantitative estimate of drug-likeness (QED) is 0.841. The summed E-state index contributed by atoms with van der Waals surface area (Å²) in [4.78, 5) is 14.5. The van der Waals surface area contributed by atoms with Crippen LogP contribution >= 0.6 is 23.1 Å². The van der Waals surface area contributed by atoms with Gasteiger partial charge in [0.2, 0.25) is 5.91 Å². The molecule has 0 unspecified atom stereocenters. The number of aliphatic hydroxyl groups excluding tert-OH is 2. The van der Waals surface area contributed by atoms with Crippen LogP contribution in [-0.2, 0) is 10.5 Å². The average Bonchev–Trinajstić information content (AvgIpc) is 2.90. The van der Waals surface area contributed by atoms with Crippen LogP contribution in [0.3, 0.4) is 0 Å². The first-order valence-corrected chi connectivity index (χ1v) is 7.44. The summed E-state index contributed by atoms with van der Waals surface area (Å²) >= 11 is 3.25. The third-order valence-corrected chi connectivity index (χ3v) is 4.69. The lowest BCUT2D eigenvalue weighted by Crippen LogP contribution is -2.31. The predicted molar refractivity (Wildman–Crippen MR) is 69.1 cm³/mol. The number of nitrogens with zero attached hydrogens (tertiary/aromatic N) is 1. The number of amides is 1. The number of hydrogen-bond acceptors (Lipinski definition) is 5. The Kier molecular flexibility index (Phi) is 4.44. The molecule has 0 spiro atoms. The molecule has 1 aliphatic heterocycles. The van der Waals surface area contributed by atoms with Gasteiger partial charge in [0.15, 0.2) is 0 Å². The number of thiophene rings is 1. The monoisotopic (exact) mass is 273 g/mol. The van der Waals surface area contributed by atoms with E-state index in [0.29, 0.717) is 5.75 Å². The minimum absolute atomic E-state index is 0.0119. The van der Waals surface area contributed by atoms with Crippen LogP contribution in [0.4, 0.5) is 0 Å². The molecule has 1 aliphatic rings. The van der Waals surface area contributed by atoms with Gasteiger partial charge >= 0.3 is 0 Å². The predicted octanol–water partition coefficient (Wildman–Crippen LogP) is 0.545. The number of carbonyl (C=O) groups is 1. The van der Waals surface area contributed by atoms with E-state index in [1.165, 1.54) is 9.78 Å². The molecule has 0 bridgehead atoms. The Bertz CT molecular complexity index is 359. The molecule has 0 saturated carbocycles. The number of likely N-dealkylation sites (tertiary alicyclic amines) is 1. The fourth-order valence-electron chi connectivity index (χ4n) is 1.70. The molecule has 17 heavy (non-hydrogen) atoms. The highest BCUT2D eigenvalue weighted by Gasteiger charge is 2.32. The zero-order valence-corrected chi connectivity index (χ0v) is 10.9. The van der Waals surface area contributed by atoms with Crippen LogP contribution in [0.1, 0.15) is 4.88 Å². The molecule has 1 fully saturated rings. The van der Waals surface area contributed by atoms with Crippen LogP contribution in [0.15, 0.2) is 17.5 Å². The number of aliphatic hydroxyl groups is 2. The van der Waals surface area contributed by atoms with Gasteiger partial charge in [0.25, 0.3) is 0 Å². The van der Waals surface area contributed by atoms with Crippen LogP contribution in [0.25, 0.3) is 0 Å². The maximum atomic E-state index is 11.8. The van der Waals surface area contributed by atoms with Crippen LogP contribution in [0, 0.1) is 0 Å². The second-order valence-corrected chi connectivity index (χ2v) is 6.02. The van der Waals surface area contributed by atoms with E-state index in [0.717, 1.165) is 5.75 Å². The van der Waals surface area contributed by atoms with Crippen molar-refractivity contribution in [2.24, 2.45) is 0 Å². The van der Waals surface area contributed by atoms with Crippen molar-refractivity contribution in [3.05, 3.63) is 22.4 Å². The summed E-state index contributed by atoms with van der Waals surface area (Å²) < 4.78 is 0. The molecule has 4 nitrogen and oxygen atoms in total. The highest BCUT2D eigenvalue weighted by molar-refractivity contribution is 7.99. The third-order valence-electron chi connectivity index (χ3n) is 2.66. The topological polar surface area (TPSA) is 60.8 Å². The molecule has 1 saturated heterocycles. The van der Waals surface area contributed by atoms with E-state index in [2.05, 4.69) is 0 Å². The maximum absolute atomic E-state index is 11.8. The van der Waals surface area contributed by atoms with Gasteiger partial charge in [-0.25, -0.2) is 0 Å². The number of thioether (sulfide) groups is 1. The van der Waals surface area contributed by atoms with E-state index in [4.69, 9.17) is 0 Å². The lowest BCUT2D eigenvalue weighted by molar-refractivity contribution is -0.127. The summed E-state index contributed by atoms with van der Waals surface area (Å²) in [6, 6.07) is 4.04. The molecule has 0 aliphatic carbocycles. The first kappa shape index (κ1) is 12.9. The molecule has 2 atom stereocenters. The van der Waals surface area contributed by atoms with Crippen molar-refractivity contribution in [1.82, 2.24) is 4.90 Å². The molecule has 0 aromatic carbocycles. The van der Waals surface area contributed by atoms with Crippen LogP contribution in [0.2, 0.25) is 0 Å². The van der Waals surface area contributed by atoms with E-state index in [1.54, 1.807) is 23.1 Å². The Balaban J connectivity index is 1.71. The van der Waals surface area contributed by atoms with E-state index < -0.39 is 12.2 Å². The summed E-state index contributed by atoms with van der Waals surface area (Å²) in [5.74, 6) is 1.22. The van der Waals surface area contributed by atoms with E-state index >= 15 is 0 Å².